The highest BCUT2D eigenvalue weighted by Gasteiger charge is 2.20. The molecule has 1 rings (SSSR count). The number of hydrogen-bond donors (Lipinski definition) is 4. The molecule has 0 saturated carbocycles. The van der Waals surface area contributed by atoms with E-state index in [1.807, 2.05) is 13.8 Å². The Morgan fingerprint density at radius 3 is 1.22 bits per heavy atom. The average Bonchev–Trinajstić information content (AvgIpc) is 3.11. The van der Waals surface area contributed by atoms with E-state index >= 15 is 0 Å². The summed E-state index contributed by atoms with van der Waals surface area (Å²) in [4.78, 5) is 55.0. The van der Waals surface area contributed by atoms with Crippen LogP contribution in [0.25, 0.3) is 0 Å². The molecule has 320 valence electrons. The van der Waals surface area contributed by atoms with Crippen LogP contribution in [-0.2, 0) is 28.7 Å². The molecule has 1 aliphatic heterocycles. The molecule has 0 aromatic heterocycles. The number of carbonyl (C=O) groups excluding carboxylic acids is 4. The molecule has 0 aliphatic carbocycles. The Labute approximate surface area is 357 Å². The number of amides is 2. The highest BCUT2D eigenvalue weighted by molar-refractivity contribution is 8.79. The van der Waals surface area contributed by atoms with E-state index in [1.165, 1.54) is 47.3 Å². The van der Waals surface area contributed by atoms with Gasteiger partial charge in [0.25, 0.3) is 0 Å². The van der Waals surface area contributed by atoms with Crippen molar-refractivity contribution in [1.29, 1.82) is 0 Å². The fraction of sp³-hybridized carbons (Fsp3) is 0.778. The van der Waals surface area contributed by atoms with Crippen molar-refractivity contribution in [3.63, 3.8) is 0 Å². The number of allylic oxidation sites excluding steroid dienone is 2. The molecule has 2 amide bonds. The van der Waals surface area contributed by atoms with Crippen LogP contribution in [0.5, 0.6) is 0 Å². The van der Waals surface area contributed by atoms with E-state index in [4.69, 9.17) is 32.4 Å². The van der Waals surface area contributed by atoms with Gasteiger partial charge in [0, 0.05) is 47.1 Å². The van der Waals surface area contributed by atoms with Crippen LogP contribution in [0.3, 0.4) is 0 Å². The van der Waals surface area contributed by atoms with Crippen molar-refractivity contribution in [1.82, 2.24) is 9.80 Å². The first kappa shape index (κ1) is 59.7. The summed E-state index contributed by atoms with van der Waals surface area (Å²) in [7, 11) is 2.92. The topological polar surface area (TPSA) is 197 Å². The van der Waals surface area contributed by atoms with Gasteiger partial charge in [-0.25, -0.2) is 0 Å². The fourth-order valence-corrected chi connectivity index (χ4v) is 8.36. The molecule has 0 fully saturated rings. The molecule has 12 nitrogen and oxygen atoms in total. The average molecular weight is 889 g/mol. The van der Waals surface area contributed by atoms with E-state index in [0.29, 0.717) is 51.9 Å². The molecule has 0 aromatic rings. The summed E-state index contributed by atoms with van der Waals surface area (Å²) in [6.45, 7) is 6.31. The van der Waals surface area contributed by atoms with Gasteiger partial charge >= 0.3 is 11.9 Å². The van der Waals surface area contributed by atoms with Gasteiger partial charge in [0.2, 0.25) is 12.8 Å². The molecule has 0 saturated heterocycles. The maximum absolute atomic E-state index is 12.6. The van der Waals surface area contributed by atoms with Crippen LogP contribution in [-0.4, -0.2) is 86.0 Å². The van der Waals surface area contributed by atoms with E-state index in [-0.39, 0.29) is 62.8 Å². The standard InChI is InChI=1S/C36H66N6O6S2.4ClH/c1-29-33(19-25-47-35(45)31(39)17-11-13-21-37)49-50-34(20-26-48-36(46)32(40)18-12-14-22-38)30(2)42(28-44)24-16-10-8-6-4-3-5-7-9-15-23-41(29)27-43;;;;/h27-28,31-32H,3-26,37-40H2,1-2H3;4*1H/b33-29-,34-30-;;;;/t31-,32-;;;;/m0..../s1. The zero-order valence-corrected chi connectivity index (χ0v) is 37.3. The maximum atomic E-state index is 12.6. The lowest BCUT2D eigenvalue weighted by Gasteiger charge is -2.24. The molecular formula is C36H70Cl4N6O6S2. The smallest absolute Gasteiger partial charge is 0.322 e. The van der Waals surface area contributed by atoms with Gasteiger partial charge in [0.05, 0.1) is 13.2 Å². The van der Waals surface area contributed by atoms with Crippen LogP contribution in [0.15, 0.2) is 21.2 Å². The zero-order valence-electron chi connectivity index (χ0n) is 32.4. The quantitative estimate of drug-likeness (QED) is 0.0471. The number of halogens is 4. The van der Waals surface area contributed by atoms with Gasteiger partial charge in [-0.1, -0.05) is 85.8 Å². The minimum atomic E-state index is -0.716. The molecule has 2 atom stereocenters. The van der Waals surface area contributed by atoms with Crippen molar-refractivity contribution < 1.29 is 28.7 Å². The highest BCUT2D eigenvalue weighted by atomic mass is 35.5. The van der Waals surface area contributed by atoms with Gasteiger partial charge in [0.15, 0.2) is 0 Å². The normalized spacial score (nSPS) is 19.3. The third kappa shape index (κ3) is 26.8. The SMILES string of the molecule is C/C1=C(\CCOC(=O)[C@@H](N)CCCCN)SS/C(CCOC(=O)[C@@H](N)CCCCN)=C(/C)N(C=O)CCCCCCCCCCCCN1C=O.Cl.Cl.Cl.Cl. The van der Waals surface area contributed by atoms with E-state index in [2.05, 4.69) is 0 Å². The van der Waals surface area contributed by atoms with E-state index in [0.717, 1.165) is 98.2 Å². The van der Waals surface area contributed by atoms with Gasteiger partial charge < -0.3 is 42.2 Å². The lowest BCUT2D eigenvalue weighted by atomic mass is 10.1. The molecule has 1 heterocycles. The van der Waals surface area contributed by atoms with Gasteiger partial charge in [-0.15, -0.1) is 49.6 Å². The summed E-state index contributed by atoms with van der Waals surface area (Å²) in [5, 5.41) is 0. The van der Waals surface area contributed by atoms with E-state index < -0.39 is 24.0 Å². The molecule has 54 heavy (non-hydrogen) atoms. The predicted molar refractivity (Wildman–Crippen MR) is 234 cm³/mol. The molecule has 0 unspecified atom stereocenters. The number of esters is 2. The van der Waals surface area contributed by atoms with Crippen molar-refractivity contribution in [3.05, 3.63) is 21.2 Å². The Morgan fingerprint density at radius 2 is 0.926 bits per heavy atom. The first-order valence-corrected chi connectivity index (χ1v) is 20.8. The van der Waals surface area contributed by atoms with Gasteiger partial charge in [-0.2, -0.15) is 0 Å². The maximum Gasteiger partial charge on any atom is 0.322 e. The Balaban J connectivity index is -0.00000312. The number of nitrogens with two attached hydrogens (primary N) is 4. The minimum absolute atomic E-state index is 0. The summed E-state index contributed by atoms with van der Waals surface area (Å²) < 4.78 is 11.1. The van der Waals surface area contributed by atoms with Crippen LogP contribution in [0.4, 0.5) is 0 Å². The highest BCUT2D eigenvalue weighted by Crippen LogP contribution is 2.43. The summed E-state index contributed by atoms with van der Waals surface area (Å²) in [5.74, 6) is -0.920. The largest absolute Gasteiger partial charge is 0.464 e. The van der Waals surface area contributed by atoms with E-state index in [1.54, 1.807) is 9.80 Å². The number of rotatable bonds is 18. The monoisotopic (exact) mass is 886 g/mol. The molecule has 0 spiro atoms. The Kier molecular flexibility index (Phi) is 43.1. The zero-order chi connectivity index (χ0) is 37.0. The van der Waals surface area contributed by atoms with Crippen molar-refractivity contribution in [3.8, 4) is 0 Å². The summed E-state index contributed by atoms with van der Waals surface area (Å²) in [5.41, 5.74) is 24.8. The number of unbranched alkanes of at least 4 members (excludes halogenated alkanes) is 2. The fourth-order valence-electron chi connectivity index (χ4n) is 5.52. The minimum Gasteiger partial charge on any atom is -0.464 e. The molecule has 0 aromatic carbocycles. The molecule has 8 N–H and O–H groups in total. The number of carbonyl (C=O) groups is 4. The third-order valence-electron chi connectivity index (χ3n) is 8.90. The summed E-state index contributed by atoms with van der Waals surface area (Å²) >= 11 is 0. The number of hydrogen-bond acceptors (Lipinski definition) is 12. The Bertz CT molecular complexity index is 987. The van der Waals surface area contributed by atoms with Crippen molar-refractivity contribution in [2.24, 2.45) is 22.9 Å². The predicted octanol–water partition coefficient (Wildman–Crippen LogP) is 7.13. The van der Waals surface area contributed by atoms with Crippen LogP contribution in [0.1, 0.15) is 129 Å². The molecule has 18 heteroatoms. The second kappa shape index (κ2) is 38.9. The first-order valence-electron chi connectivity index (χ1n) is 18.6. The van der Waals surface area contributed by atoms with Gasteiger partial charge in [0.1, 0.15) is 12.1 Å². The second-order valence-corrected chi connectivity index (χ2v) is 15.3. The van der Waals surface area contributed by atoms with Gasteiger partial charge in [-0.3, -0.25) is 19.2 Å². The van der Waals surface area contributed by atoms with E-state index in [9.17, 15) is 19.2 Å². The lowest BCUT2D eigenvalue weighted by molar-refractivity contribution is -0.146. The van der Waals surface area contributed by atoms with Crippen LogP contribution in [0, 0.1) is 0 Å². The van der Waals surface area contributed by atoms with Crippen molar-refractivity contribution in [2.45, 2.75) is 142 Å². The first-order chi connectivity index (χ1) is 24.2. The van der Waals surface area contributed by atoms with Gasteiger partial charge in [-0.05, 0) is 65.5 Å². The number of nitrogens with zero attached hydrogens (tertiary/aromatic N) is 2. The molecule has 0 bridgehead atoms. The Morgan fingerprint density at radius 1 is 0.611 bits per heavy atom. The molecular weight excluding hydrogens is 818 g/mol. The summed E-state index contributed by atoms with van der Waals surface area (Å²) in [6, 6.07) is -1.43. The molecule has 0 radical (unpaired) electrons. The second-order valence-electron chi connectivity index (χ2n) is 12.9. The molecule has 1 aliphatic rings. The Hall–Kier alpha value is -0.940. The third-order valence-corrected chi connectivity index (χ3v) is 11.8. The van der Waals surface area contributed by atoms with Crippen molar-refractivity contribution >= 4 is 96.0 Å². The van der Waals surface area contributed by atoms with Crippen LogP contribution in [0.2, 0.25) is 0 Å². The van der Waals surface area contributed by atoms with Crippen molar-refractivity contribution in [2.75, 3.05) is 39.4 Å². The lowest BCUT2D eigenvalue weighted by Crippen LogP contribution is -2.32. The van der Waals surface area contributed by atoms with Crippen LogP contribution < -0.4 is 22.9 Å². The number of ether oxygens (including phenoxy) is 2. The van der Waals surface area contributed by atoms with Crippen LogP contribution >= 0.6 is 71.2 Å². The summed E-state index contributed by atoms with van der Waals surface area (Å²) in [6.07, 6.45) is 17.5.